The molecule has 2 aromatic carbocycles. The maximum atomic E-state index is 12.5. The minimum Gasteiger partial charge on any atom is -0.397 e. The zero-order valence-electron chi connectivity index (χ0n) is 10.5. The summed E-state index contributed by atoms with van der Waals surface area (Å²) in [5.41, 5.74) is 7.36. The van der Waals surface area contributed by atoms with E-state index in [0.29, 0.717) is 27.0 Å². The van der Waals surface area contributed by atoms with Gasteiger partial charge in [0.2, 0.25) is 0 Å². The van der Waals surface area contributed by atoms with E-state index >= 15 is 0 Å². The molecule has 104 valence electrons. The van der Waals surface area contributed by atoms with Gasteiger partial charge in [-0.05, 0) is 36.4 Å². The van der Waals surface area contributed by atoms with Crippen molar-refractivity contribution in [3.63, 3.8) is 0 Å². The summed E-state index contributed by atoms with van der Waals surface area (Å²) in [4.78, 5) is 13.9. The zero-order valence-corrected chi connectivity index (χ0v) is 13.6. The zero-order chi connectivity index (χ0) is 14.9. The fraction of sp³-hybridized carbons (Fsp3) is 0.0714. The van der Waals surface area contributed by atoms with E-state index in [1.165, 1.54) is 11.0 Å². The molecule has 2 N–H and O–H groups in total. The molecule has 1 amide bonds. The maximum absolute atomic E-state index is 12.5. The molecule has 3 nitrogen and oxygen atoms in total. The van der Waals surface area contributed by atoms with Crippen LogP contribution in [0.1, 0.15) is 10.4 Å². The first-order valence-electron chi connectivity index (χ1n) is 5.68. The Balaban J connectivity index is 2.40. The van der Waals surface area contributed by atoms with E-state index in [1.807, 2.05) is 6.07 Å². The fourth-order valence-corrected chi connectivity index (χ4v) is 2.53. The predicted molar refractivity (Wildman–Crippen MR) is 87.7 cm³/mol. The van der Waals surface area contributed by atoms with E-state index in [2.05, 4.69) is 15.9 Å². The van der Waals surface area contributed by atoms with Gasteiger partial charge < -0.3 is 10.6 Å². The lowest BCUT2D eigenvalue weighted by atomic mass is 10.1. The highest BCUT2D eigenvalue weighted by molar-refractivity contribution is 9.10. The van der Waals surface area contributed by atoms with Crippen LogP contribution in [-0.2, 0) is 0 Å². The number of nitrogens with zero attached hydrogens (tertiary/aromatic N) is 1. The summed E-state index contributed by atoms with van der Waals surface area (Å²) in [7, 11) is 1.64. The standard InChI is InChI=1S/C14H11BrCl2N2O/c1-19(13-5-2-8(15)6-12(13)18)14(20)10-7-9(16)3-4-11(10)17/h2-7H,18H2,1H3. The Morgan fingerprint density at radius 2 is 1.90 bits per heavy atom. The molecular weight excluding hydrogens is 363 g/mol. The van der Waals surface area contributed by atoms with Gasteiger partial charge in [0.1, 0.15) is 0 Å². The quantitative estimate of drug-likeness (QED) is 0.781. The van der Waals surface area contributed by atoms with Gasteiger partial charge in [0, 0.05) is 16.5 Å². The van der Waals surface area contributed by atoms with Gasteiger partial charge in [-0.1, -0.05) is 39.1 Å². The molecule has 0 aliphatic carbocycles. The number of benzene rings is 2. The highest BCUT2D eigenvalue weighted by atomic mass is 79.9. The van der Waals surface area contributed by atoms with Crippen molar-refractivity contribution in [2.24, 2.45) is 0 Å². The van der Waals surface area contributed by atoms with Gasteiger partial charge in [-0.15, -0.1) is 0 Å². The average Bonchev–Trinajstić information content (AvgIpc) is 2.40. The molecule has 0 aromatic heterocycles. The molecule has 0 aliphatic rings. The Morgan fingerprint density at radius 1 is 1.20 bits per heavy atom. The van der Waals surface area contributed by atoms with Gasteiger partial charge in [-0.25, -0.2) is 0 Å². The Kier molecular flexibility index (Phi) is 4.58. The van der Waals surface area contributed by atoms with Crippen molar-refractivity contribution in [2.75, 3.05) is 17.7 Å². The Bertz CT molecular complexity index is 676. The number of amides is 1. The number of carbonyl (C=O) groups excluding carboxylic acids is 1. The number of nitrogens with two attached hydrogens (primary N) is 1. The molecule has 6 heteroatoms. The lowest BCUT2D eigenvalue weighted by Gasteiger charge is -2.20. The Labute approximate surface area is 135 Å². The van der Waals surface area contributed by atoms with E-state index in [-0.39, 0.29) is 5.91 Å². The van der Waals surface area contributed by atoms with Crippen molar-refractivity contribution < 1.29 is 4.79 Å². The number of rotatable bonds is 2. The van der Waals surface area contributed by atoms with Crippen LogP contribution in [0.4, 0.5) is 11.4 Å². The third-order valence-corrected chi connectivity index (χ3v) is 3.87. The van der Waals surface area contributed by atoms with E-state index < -0.39 is 0 Å². The van der Waals surface area contributed by atoms with Crippen molar-refractivity contribution in [3.8, 4) is 0 Å². The summed E-state index contributed by atoms with van der Waals surface area (Å²) in [5, 5.41) is 0.803. The molecule has 20 heavy (non-hydrogen) atoms. The average molecular weight is 374 g/mol. The number of anilines is 2. The van der Waals surface area contributed by atoms with Crippen LogP contribution in [0.25, 0.3) is 0 Å². The fourth-order valence-electron chi connectivity index (χ4n) is 1.78. The predicted octanol–water partition coefficient (Wildman–Crippen LogP) is 4.61. The number of hydrogen-bond donors (Lipinski definition) is 1. The highest BCUT2D eigenvalue weighted by Crippen LogP contribution is 2.29. The molecule has 2 rings (SSSR count). The van der Waals surface area contributed by atoms with Crippen molar-refractivity contribution in [1.29, 1.82) is 0 Å². The van der Waals surface area contributed by atoms with Crippen molar-refractivity contribution in [3.05, 3.63) is 56.5 Å². The van der Waals surface area contributed by atoms with Gasteiger partial charge in [0.25, 0.3) is 5.91 Å². The second kappa shape index (κ2) is 6.04. The molecule has 0 unspecified atom stereocenters. The second-order valence-electron chi connectivity index (χ2n) is 4.19. The molecule has 0 saturated carbocycles. The van der Waals surface area contributed by atoms with Crippen LogP contribution in [-0.4, -0.2) is 13.0 Å². The van der Waals surface area contributed by atoms with E-state index in [9.17, 15) is 4.79 Å². The van der Waals surface area contributed by atoms with Crippen LogP contribution in [0, 0.1) is 0 Å². The van der Waals surface area contributed by atoms with Crippen LogP contribution in [0.15, 0.2) is 40.9 Å². The number of nitrogen functional groups attached to an aromatic ring is 1. The molecule has 0 aliphatic heterocycles. The summed E-state index contributed by atoms with van der Waals surface area (Å²) in [6, 6.07) is 10.1. The van der Waals surface area contributed by atoms with E-state index in [1.54, 1.807) is 31.3 Å². The van der Waals surface area contributed by atoms with Crippen molar-refractivity contribution in [1.82, 2.24) is 0 Å². The van der Waals surface area contributed by atoms with Gasteiger partial charge in [0.05, 0.1) is 22.0 Å². The molecule has 0 spiro atoms. The number of hydrogen-bond acceptors (Lipinski definition) is 2. The molecule has 2 aromatic rings. The minimum absolute atomic E-state index is 0.272. The molecule has 0 heterocycles. The SMILES string of the molecule is CN(C(=O)c1cc(Cl)ccc1Cl)c1ccc(Br)cc1N. The molecule has 0 fully saturated rings. The topological polar surface area (TPSA) is 46.3 Å². The Morgan fingerprint density at radius 3 is 2.55 bits per heavy atom. The molecule has 0 radical (unpaired) electrons. The van der Waals surface area contributed by atoms with E-state index in [0.717, 1.165) is 4.47 Å². The minimum atomic E-state index is -0.272. The van der Waals surface area contributed by atoms with Crippen molar-refractivity contribution in [2.45, 2.75) is 0 Å². The Hall–Kier alpha value is -1.23. The first-order chi connectivity index (χ1) is 9.40. The molecule has 0 saturated heterocycles. The van der Waals surface area contributed by atoms with Crippen molar-refractivity contribution >= 4 is 56.4 Å². The van der Waals surface area contributed by atoms with Crippen LogP contribution in [0.2, 0.25) is 10.0 Å². The van der Waals surface area contributed by atoms with Gasteiger partial charge in [0.15, 0.2) is 0 Å². The van der Waals surface area contributed by atoms with Crippen LogP contribution >= 0.6 is 39.1 Å². The van der Waals surface area contributed by atoms with Gasteiger partial charge in [-0.3, -0.25) is 4.79 Å². The first kappa shape index (κ1) is 15.2. The second-order valence-corrected chi connectivity index (χ2v) is 5.95. The van der Waals surface area contributed by atoms with Gasteiger partial charge in [-0.2, -0.15) is 0 Å². The maximum Gasteiger partial charge on any atom is 0.259 e. The van der Waals surface area contributed by atoms with Crippen LogP contribution < -0.4 is 10.6 Å². The normalized spacial score (nSPS) is 10.4. The smallest absolute Gasteiger partial charge is 0.259 e. The number of halogens is 3. The lowest BCUT2D eigenvalue weighted by Crippen LogP contribution is -2.27. The molecule has 0 atom stereocenters. The summed E-state index contributed by atoms with van der Waals surface area (Å²) < 4.78 is 0.848. The summed E-state index contributed by atoms with van der Waals surface area (Å²) >= 11 is 15.3. The largest absolute Gasteiger partial charge is 0.397 e. The van der Waals surface area contributed by atoms with Crippen LogP contribution in [0.3, 0.4) is 0 Å². The number of carbonyl (C=O) groups is 1. The highest BCUT2D eigenvalue weighted by Gasteiger charge is 2.18. The third kappa shape index (κ3) is 3.08. The summed E-state index contributed by atoms with van der Waals surface area (Å²) in [6.45, 7) is 0. The monoisotopic (exact) mass is 372 g/mol. The van der Waals surface area contributed by atoms with Gasteiger partial charge >= 0.3 is 0 Å². The summed E-state index contributed by atoms with van der Waals surface area (Å²) in [6.07, 6.45) is 0. The third-order valence-electron chi connectivity index (χ3n) is 2.81. The lowest BCUT2D eigenvalue weighted by molar-refractivity contribution is 0.0993. The summed E-state index contributed by atoms with van der Waals surface area (Å²) in [5.74, 6) is -0.272. The molecule has 0 bridgehead atoms. The van der Waals surface area contributed by atoms with Crippen LogP contribution in [0.5, 0.6) is 0 Å². The molecular formula is C14H11BrCl2N2O. The van der Waals surface area contributed by atoms with E-state index in [4.69, 9.17) is 28.9 Å². The first-order valence-corrected chi connectivity index (χ1v) is 7.23.